The molecule has 0 aromatic heterocycles. The lowest BCUT2D eigenvalue weighted by molar-refractivity contribution is -0.157. The maximum absolute atomic E-state index is 12.9. The second kappa shape index (κ2) is 9.34. The zero-order valence-corrected chi connectivity index (χ0v) is 19.5. The predicted octanol–water partition coefficient (Wildman–Crippen LogP) is 3.30. The Morgan fingerprint density at radius 2 is 1.54 bits per heavy atom. The molecule has 3 aliphatic rings. The molecule has 1 aliphatic heterocycles. The van der Waals surface area contributed by atoms with Gasteiger partial charge in [-0.1, -0.05) is 48.5 Å². The number of amides is 2. The number of carboxylic acids is 1. The number of nitrogens with one attached hydrogen (secondary N) is 2. The highest BCUT2D eigenvalue weighted by Gasteiger charge is 2.51. The molecule has 1 unspecified atom stereocenters. The third kappa shape index (κ3) is 4.50. The fourth-order valence-corrected chi connectivity index (χ4v) is 5.20. The van der Waals surface area contributed by atoms with Crippen LogP contribution in [0.25, 0.3) is 11.1 Å². The Morgan fingerprint density at radius 1 is 0.914 bits per heavy atom. The minimum absolute atomic E-state index is 0.0217. The van der Waals surface area contributed by atoms with Crippen LogP contribution in [0.1, 0.15) is 42.7 Å². The first-order chi connectivity index (χ1) is 16.9. The average Bonchev–Trinajstić information content (AvgIpc) is 3.62. The molecule has 1 atom stereocenters. The van der Waals surface area contributed by atoms with Crippen molar-refractivity contribution < 1.29 is 29.0 Å². The molecule has 3 N–H and O–H groups in total. The van der Waals surface area contributed by atoms with E-state index in [0.29, 0.717) is 32.3 Å². The number of carboxylic acid groups (broad SMARTS) is 1. The lowest BCUT2D eigenvalue weighted by Crippen LogP contribution is -2.50. The summed E-state index contributed by atoms with van der Waals surface area (Å²) in [4.78, 5) is 37.2. The van der Waals surface area contributed by atoms with E-state index >= 15 is 0 Å². The summed E-state index contributed by atoms with van der Waals surface area (Å²) in [6.07, 6.45) is 1.83. The van der Waals surface area contributed by atoms with Crippen molar-refractivity contribution in [1.82, 2.24) is 10.6 Å². The summed E-state index contributed by atoms with van der Waals surface area (Å²) in [5.74, 6) is -1.22. The van der Waals surface area contributed by atoms with Gasteiger partial charge >= 0.3 is 12.1 Å². The first-order valence-electron chi connectivity index (χ1n) is 12.1. The number of benzene rings is 2. The van der Waals surface area contributed by atoms with Crippen LogP contribution in [-0.4, -0.2) is 56.0 Å². The molecular weight excluding hydrogens is 448 g/mol. The van der Waals surface area contributed by atoms with Gasteiger partial charge in [0.05, 0.1) is 12.0 Å². The molecule has 2 fully saturated rings. The first kappa shape index (κ1) is 23.4. The van der Waals surface area contributed by atoms with E-state index in [0.717, 1.165) is 22.3 Å². The van der Waals surface area contributed by atoms with Crippen LogP contribution in [0.4, 0.5) is 4.79 Å². The van der Waals surface area contributed by atoms with Gasteiger partial charge in [0.25, 0.3) is 0 Å². The molecule has 0 radical (unpaired) electrons. The maximum Gasteiger partial charge on any atom is 0.407 e. The monoisotopic (exact) mass is 478 g/mol. The Labute approximate surface area is 204 Å². The number of carbonyl (C=O) groups is 3. The highest BCUT2D eigenvalue weighted by molar-refractivity contribution is 5.87. The van der Waals surface area contributed by atoms with E-state index in [-0.39, 0.29) is 38.1 Å². The molecule has 1 saturated heterocycles. The van der Waals surface area contributed by atoms with Crippen LogP contribution in [-0.2, 0) is 19.1 Å². The summed E-state index contributed by atoms with van der Waals surface area (Å²) < 4.78 is 10.9. The number of aliphatic carboxylic acids is 1. The highest BCUT2D eigenvalue weighted by Crippen LogP contribution is 2.46. The summed E-state index contributed by atoms with van der Waals surface area (Å²) in [6.45, 7) is 1.02. The van der Waals surface area contributed by atoms with Gasteiger partial charge in [0.15, 0.2) is 0 Å². The SMILES string of the molecule is O=C(NCC1(C(=O)NCC2(C(=O)O)CCCOC2)CC1)OCC1c2ccccc2-c2ccccc21. The molecule has 2 amide bonds. The summed E-state index contributed by atoms with van der Waals surface area (Å²) in [5, 5.41) is 15.2. The van der Waals surface area contributed by atoms with Crippen molar-refractivity contribution in [3.8, 4) is 11.1 Å². The summed E-state index contributed by atoms with van der Waals surface area (Å²) in [6, 6.07) is 16.3. The van der Waals surface area contributed by atoms with Crippen LogP contribution in [0.15, 0.2) is 48.5 Å². The Kier molecular flexibility index (Phi) is 6.23. The van der Waals surface area contributed by atoms with Crippen molar-refractivity contribution in [2.45, 2.75) is 31.6 Å². The van der Waals surface area contributed by atoms with E-state index in [1.807, 2.05) is 24.3 Å². The van der Waals surface area contributed by atoms with Crippen LogP contribution in [0, 0.1) is 10.8 Å². The zero-order chi connectivity index (χ0) is 24.5. The van der Waals surface area contributed by atoms with E-state index in [2.05, 4.69) is 34.9 Å². The predicted molar refractivity (Wildman–Crippen MR) is 128 cm³/mol. The van der Waals surface area contributed by atoms with Crippen molar-refractivity contribution >= 4 is 18.0 Å². The third-order valence-corrected chi connectivity index (χ3v) is 7.61. The number of carbonyl (C=O) groups excluding carboxylic acids is 2. The quantitative estimate of drug-likeness (QED) is 0.537. The van der Waals surface area contributed by atoms with Crippen molar-refractivity contribution in [3.05, 3.63) is 59.7 Å². The van der Waals surface area contributed by atoms with E-state index in [4.69, 9.17) is 9.47 Å². The van der Waals surface area contributed by atoms with Gasteiger partial charge in [0.2, 0.25) is 5.91 Å². The van der Waals surface area contributed by atoms with E-state index in [9.17, 15) is 19.5 Å². The van der Waals surface area contributed by atoms with Crippen LogP contribution in [0.2, 0.25) is 0 Å². The Hall–Kier alpha value is -3.39. The second-order valence-electron chi connectivity index (χ2n) is 9.88. The van der Waals surface area contributed by atoms with E-state index < -0.39 is 22.9 Å². The lowest BCUT2D eigenvalue weighted by Gasteiger charge is -2.33. The molecule has 1 heterocycles. The van der Waals surface area contributed by atoms with Gasteiger partial charge in [-0.25, -0.2) is 4.79 Å². The normalized spacial score (nSPS) is 21.9. The van der Waals surface area contributed by atoms with Crippen molar-refractivity contribution in [3.63, 3.8) is 0 Å². The van der Waals surface area contributed by atoms with E-state index in [1.165, 1.54) is 0 Å². The van der Waals surface area contributed by atoms with Gasteiger partial charge in [0.1, 0.15) is 12.0 Å². The van der Waals surface area contributed by atoms with Crippen molar-refractivity contribution in [2.24, 2.45) is 10.8 Å². The largest absolute Gasteiger partial charge is 0.481 e. The molecule has 0 bridgehead atoms. The summed E-state index contributed by atoms with van der Waals surface area (Å²) in [5.41, 5.74) is 2.80. The number of fused-ring (bicyclic) bond motifs is 3. The minimum atomic E-state index is -1.09. The Morgan fingerprint density at radius 3 is 2.11 bits per heavy atom. The molecule has 5 rings (SSSR count). The Bertz CT molecular complexity index is 1090. The Balaban J connectivity index is 1.14. The van der Waals surface area contributed by atoms with Crippen LogP contribution in [0.5, 0.6) is 0 Å². The van der Waals surface area contributed by atoms with Crippen molar-refractivity contribution in [2.75, 3.05) is 32.9 Å². The van der Waals surface area contributed by atoms with E-state index in [1.54, 1.807) is 0 Å². The van der Waals surface area contributed by atoms with Crippen LogP contribution >= 0.6 is 0 Å². The summed E-state index contributed by atoms with van der Waals surface area (Å²) >= 11 is 0. The van der Waals surface area contributed by atoms with Gasteiger partial charge < -0.3 is 25.2 Å². The number of alkyl carbamates (subject to hydrolysis) is 1. The maximum atomic E-state index is 12.9. The first-order valence-corrected chi connectivity index (χ1v) is 12.1. The molecule has 0 spiro atoms. The molecular formula is C27H30N2O6. The smallest absolute Gasteiger partial charge is 0.407 e. The highest BCUT2D eigenvalue weighted by atomic mass is 16.5. The second-order valence-corrected chi connectivity index (χ2v) is 9.88. The molecule has 8 heteroatoms. The topological polar surface area (TPSA) is 114 Å². The van der Waals surface area contributed by atoms with Gasteiger partial charge in [0, 0.05) is 25.6 Å². The van der Waals surface area contributed by atoms with Gasteiger partial charge in [-0.15, -0.1) is 0 Å². The zero-order valence-electron chi connectivity index (χ0n) is 19.5. The molecule has 1 saturated carbocycles. The average molecular weight is 479 g/mol. The number of hydrogen-bond acceptors (Lipinski definition) is 5. The minimum Gasteiger partial charge on any atom is -0.481 e. The fraction of sp³-hybridized carbons (Fsp3) is 0.444. The van der Waals surface area contributed by atoms with Gasteiger partial charge in [-0.3, -0.25) is 9.59 Å². The van der Waals surface area contributed by atoms with Crippen LogP contribution < -0.4 is 10.6 Å². The van der Waals surface area contributed by atoms with Gasteiger partial charge in [-0.05, 0) is 47.9 Å². The van der Waals surface area contributed by atoms with Crippen LogP contribution in [0.3, 0.4) is 0 Å². The number of hydrogen-bond donors (Lipinski definition) is 3. The lowest BCUT2D eigenvalue weighted by atomic mass is 9.82. The van der Waals surface area contributed by atoms with Gasteiger partial charge in [-0.2, -0.15) is 0 Å². The molecule has 2 aromatic rings. The fourth-order valence-electron chi connectivity index (χ4n) is 5.20. The summed E-state index contributed by atoms with van der Waals surface area (Å²) in [7, 11) is 0. The molecule has 35 heavy (non-hydrogen) atoms. The molecule has 8 nitrogen and oxygen atoms in total. The van der Waals surface area contributed by atoms with Crippen molar-refractivity contribution in [1.29, 1.82) is 0 Å². The molecule has 2 aromatic carbocycles. The molecule has 2 aliphatic carbocycles. The number of ether oxygens (including phenoxy) is 2. The third-order valence-electron chi connectivity index (χ3n) is 7.61. The molecule has 184 valence electrons. The number of rotatable bonds is 8. The standard InChI is InChI=1S/C27H30N2O6/c30-23(28-16-27(24(31)32)10-5-13-34-17-27)26(11-12-26)15-29-25(33)35-14-22-20-8-3-1-6-18(20)19-7-2-4-9-21(19)22/h1-4,6-9,22H,5,10-17H2,(H,28,30)(H,29,33)(H,31,32).